The molecule has 6 heteroatoms. The molecular formula is C18H40CaO4S. The average molecular weight is 393 g/mol. The van der Waals surface area contributed by atoms with Crippen molar-refractivity contribution in [3.8, 4) is 0 Å². The quantitative estimate of drug-likeness (QED) is 0.199. The first-order valence-corrected chi connectivity index (χ1v) is 11.0. The van der Waals surface area contributed by atoms with E-state index in [4.69, 9.17) is 4.55 Å². The fourth-order valence-electron chi connectivity index (χ4n) is 2.81. The maximum atomic E-state index is 10.3. The Bertz CT molecular complexity index is 334. The molecule has 0 aliphatic heterocycles. The van der Waals surface area contributed by atoms with Crippen molar-refractivity contribution in [2.24, 2.45) is 0 Å². The van der Waals surface area contributed by atoms with E-state index in [2.05, 4.69) is 11.1 Å². The van der Waals surface area contributed by atoms with Gasteiger partial charge in [-0.25, -0.2) is 4.18 Å². The molecule has 0 radical (unpaired) electrons. The van der Waals surface area contributed by atoms with Crippen molar-refractivity contribution in [3.63, 3.8) is 0 Å². The van der Waals surface area contributed by atoms with Crippen LogP contribution < -0.4 is 0 Å². The molecule has 0 fully saturated rings. The van der Waals surface area contributed by atoms with E-state index in [1.54, 1.807) is 0 Å². The van der Waals surface area contributed by atoms with Gasteiger partial charge in [0.05, 0.1) is 6.61 Å². The van der Waals surface area contributed by atoms with Gasteiger partial charge < -0.3 is 0 Å². The third kappa shape index (κ3) is 25.4. The zero-order valence-corrected chi connectivity index (χ0v) is 15.9. The summed E-state index contributed by atoms with van der Waals surface area (Å²) in [6, 6.07) is 0. The summed E-state index contributed by atoms with van der Waals surface area (Å²) in [4.78, 5) is 0. The van der Waals surface area contributed by atoms with Gasteiger partial charge in [-0.15, -0.1) is 0 Å². The molecule has 0 aliphatic rings. The molecule has 24 heavy (non-hydrogen) atoms. The normalized spacial score (nSPS) is 11.4. The Hall–Kier alpha value is 1.13. The van der Waals surface area contributed by atoms with E-state index in [9.17, 15) is 8.42 Å². The number of hydrogen-bond donors (Lipinski definition) is 1. The zero-order chi connectivity index (χ0) is 17.2. The summed E-state index contributed by atoms with van der Waals surface area (Å²) < 4.78 is 33.3. The van der Waals surface area contributed by atoms with Gasteiger partial charge in [0, 0.05) is 0 Å². The molecule has 0 aliphatic carbocycles. The van der Waals surface area contributed by atoms with Crippen LogP contribution in [0.3, 0.4) is 0 Å². The van der Waals surface area contributed by atoms with Crippen LogP contribution in [0.2, 0.25) is 0 Å². The summed E-state index contributed by atoms with van der Waals surface area (Å²) >= 11 is 0. The van der Waals surface area contributed by atoms with Crippen LogP contribution in [0.5, 0.6) is 0 Å². The predicted octanol–water partition coefficient (Wildman–Crippen LogP) is 5.15. The fraction of sp³-hybridized carbons (Fsp3) is 1.00. The van der Waals surface area contributed by atoms with Gasteiger partial charge in [-0.1, -0.05) is 103 Å². The molecule has 0 amide bonds. The summed E-state index contributed by atoms with van der Waals surface area (Å²) in [6.45, 7) is 2.36. The van der Waals surface area contributed by atoms with Crippen molar-refractivity contribution in [3.05, 3.63) is 0 Å². The summed E-state index contributed by atoms with van der Waals surface area (Å²) in [5.74, 6) is 0. The van der Waals surface area contributed by atoms with Crippen molar-refractivity contribution in [1.29, 1.82) is 0 Å². The van der Waals surface area contributed by atoms with Gasteiger partial charge in [-0.3, -0.25) is 4.55 Å². The SMILES string of the molecule is CCCCCCCCCCCCCCCCCCOS(=O)(=O)O.[CaH2]. The third-order valence-corrected chi connectivity index (χ3v) is 4.69. The second-order valence-corrected chi connectivity index (χ2v) is 7.64. The van der Waals surface area contributed by atoms with Crippen LogP contribution in [0.15, 0.2) is 0 Å². The predicted molar refractivity (Wildman–Crippen MR) is 106 cm³/mol. The van der Waals surface area contributed by atoms with Crippen molar-refractivity contribution < 1.29 is 17.2 Å². The fourth-order valence-corrected chi connectivity index (χ4v) is 3.14. The van der Waals surface area contributed by atoms with Crippen LogP contribution in [0, 0.1) is 0 Å². The van der Waals surface area contributed by atoms with Crippen LogP contribution in [-0.4, -0.2) is 57.3 Å². The molecule has 0 saturated carbocycles. The third-order valence-electron chi connectivity index (χ3n) is 4.23. The maximum absolute atomic E-state index is 10.3. The molecule has 0 saturated heterocycles. The first-order valence-electron chi connectivity index (χ1n) is 9.68. The topological polar surface area (TPSA) is 63.6 Å². The van der Waals surface area contributed by atoms with Gasteiger partial charge in [0.1, 0.15) is 0 Å². The molecule has 0 aromatic carbocycles. The monoisotopic (exact) mass is 392 g/mol. The van der Waals surface area contributed by atoms with E-state index in [0.29, 0.717) is 6.42 Å². The van der Waals surface area contributed by atoms with Crippen molar-refractivity contribution in [2.45, 2.75) is 110 Å². The first kappa shape index (κ1) is 27.3. The van der Waals surface area contributed by atoms with Crippen molar-refractivity contribution in [2.75, 3.05) is 6.61 Å². The van der Waals surface area contributed by atoms with E-state index in [1.807, 2.05) is 0 Å². The minimum atomic E-state index is -4.24. The second kappa shape index (κ2) is 20.4. The molecule has 0 bridgehead atoms. The number of hydrogen-bond acceptors (Lipinski definition) is 3. The number of unbranched alkanes of at least 4 members (excludes halogenated alkanes) is 15. The Balaban J connectivity index is 0. The van der Waals surface area contributed by atoms with Crippen LogP contribution in [0.1, 0.15) is 110 Å². The van der Waals surface area contributed by atoms with E-state index in [-0.39, 0.29) is 44.3 Å². The van der Waals surface area contributed by atoms with Crippen molar-refractivity contribution >= 4 is 48.1 Å². The molecule has 144 valence electrons. The Morgan fingerprint density at radius 2 is 0.917 bits per heavy atom. The molecule has 0 unspecified atom stereocenters. The van der Waals surface area contributed by atoms with E-state index >= 15 is 0 Å². The average Bonchev–Trinajstić information content (AvgIpc) is 2.49. The van der Waals surface area contributed by atoms with Crippen LogP contribution in [0.25, 0.3) is 0 Å². The molecule has 0 atom stereocenters. The Kier molecular flexibility index (Phi) is 23.3. The van der Waals surface area contributed by atoms with Crippen LogP contribution >= 0.6 is 0 Å². The van der Waals surface area contributed by atoms with Gasteiger partial charge in [0.15, 0.2) is 0 Å². The molecule has 0 heterocycles. The standard InChI is InChI=1S/C18H38O4S.Ca.2H/c1-2-3-4-5-6-7-8-9-10-11-12-13-14-15-16-17-18-22-23(19,20)21;;;/h2-18H2,1H3,(H,19,20,21);;;. The first-order chi connectivity index (χ1) is 11.1. The van der Waals surface area contributed by atoms with Gasteiger partial charge in [-0.05, 0) is 6.42 Å². The summed E-state index contributed by atoms with van der Waals surface area (Å²) in [6.07, 6.45) is 20.5. The Morgan fingerprint density at radius 1 is 0.625 bits per heavy atom. The summed E-state index contributed by atoms with van der Waals surface area (Å²) in [7, 11) is -4.24. The molecule has 0 aromatic rings. The molecule has 1 N–H and O–H groups in total. The zero-order valence-electron chi connectivity index (χ0n) is 15.1. The Labute approximate surface area is 180 Å². The Morgan fingerprint density at radius 3 is 1.21 bits per heavy atom. The van der Waals surface area contributed by atoms with Crippen molar-refractivity contribution in [1.82, 2.24) is 0 Å². The number of rotatable bonds is 18. The molecule has 4 nitrogen and oxygen atoms in total. The van der Waals surface area contributed by atoms with Gasteiger partial charge in [0.25, 0.3) is 0 Å². The molecule has 0 rings (SSSR count). The van der Waals surface area contributed by atoms with Crippen LogP contribution in [0.4, 0.5) is 0 Å². The van der Waals surface area contributed by atoms with Gasteiger partial charge in [-0.2, -0.15) is 8.42 Å². The van der Waals surface area contributed by atoms with Crippen LogP contribution in [-0.2, 0) is 14.6 Å². The molecular weight excluding hydrogens is 352 g/mol. The van der Waals surface area contributed by atoms with E-state index in [0.717, 1.165) is 12.8 Å². The van der Waals surface area contributed by atoms with Gasteiger partial charge >= 0.3 is 48.1 Å². The molecule has 0 spiro atoms. The summed E-state index contributed by atoms with van der Waals surface area (Å²) in [5, 5.41) is 0. The van der Waals surface area contributed by atoms with Gasteiger partial charge in [0.2, 0.25) is 0 Å². The second-order valence-electron chi connectivity index (χ2n) is 6.55. The molecule has 0 aromatic heterocycles. The van der Waals surface area contributed by atoms with E-state index in [1.165, 1.54) is 83.5 Å². The van der Waals surface area contributed by atoms with E-state index < -0.39 is 10.4 Å². The summed E-state index contributed by atoms with van der Waals surface area (Å²) in [5.41, 5.74) is 0. The minimum absolute atomic E-state index is 0.